The first-order valence-electron chi connectivity index (χ1n) is 4.93. The van der Waals surface area contributed by atoms with Crippen molar-refractivity contribution in [2.45, 2.75) is 19.1 Å². The van der Waals surface area contributed by atoms with E-state index in [9.17, 15) is 18.0 Å². The number of halogens is 3. The predicted octanol–water partition coefficient (Wildman–Crippen LogP) is 2.84. The van der Waals surface area contributed by atoms with Gasteiger partial charge in [-0.1, -0.05) is 5.92 Å². The zero-order valence-electron chi connectivity index (χ0n) is 9.38. The number of alkyl halides is 3. The van der Waals surface area contributed by atoms with Gasteiger partial charge < -0.3 is 10.4 Å². The summed E-state index contributed by atoms with van der Waals surface area (Å²) in [5.41, 5.74) is -1.77. The van der Waals surface area contributed by atoms with Crippen LogP contribution in [0.1, 0.15) is 22.8 Å². The Hall–Kier alpha value is -2.16. The largest absolute Gasteiger partial charge is 0.478 e. The van der Waals surface area contributed by atoms with E-state index in [1.54, 1.807) is 6.92 Å². The van der Waals surface area contributed by atoms with Gasteiger partial charge in [-0.25, -0.2) is 4.79 Å². The summed E-state index contributed by atoms with van der Waals surface area (Å²) in [5.74, 6) is 0.687. The van der Waals surface area contributed by atoms with Crippen molar-refractivity contribution in [2.75, 3.05) is 5.32 Å². The summed E-state index contributed by atoms with van der Waals surface area (Å²) in [7, 11) is 0. The van der Waals surface area contributed by atoms with Crippen molar-refractivity contribution in [1.82, 2.24) is 0 Å². The third-order valence-electron chi connectivity index (χ3n) is 2.19. The Balaban J connectivity index is 3.21. The maximum absolute atomic E-state index is 12.6. The minimum absolute atomic E-state index is 0.228. The highest BCUT2D eigenvalue weighted by Gasteiger charge is 2.35. The SMILES string of the molecule is C#CC(C)Nc1ccc(C(F)(F)F)c(C(=O)O)c1. The molecule has 0 spiro atoms. The van der Waals surface area contributed by atoms with Crippen molar-refractivity contribution in [3.8, 4) is 12.3 Å². The van der Waals surface area contributed by atoms with Crippen molar-refractivity contribution in [3.05, 3.63) is 29.3 Å². The first kappa shape index (κ1) is 13.9. The van der Waals surface area contributed by atoms with Crippen LogP contribution in [0.4, 0.5) is 18.9 Å². The molecule has 0 saturated carbocycles. The van der Waals surface area contributed by atoms with Crippen LogP contribution in [-0.4, -0.2) is 17.1 Å². The van der Waals surface area contributed by atoms with Gasteiger partial charge in [-0.2, -0.15) is 13.2 Å². The van der Waals surface area contributed by atoms with E-state index < -0.39 is 29.3 Å². The number of benzene rings is 1. The minimum atomic E-state index is -4.70. The zero-order chi connectivity index (χ0) is 13.9. The van der Waals surface area contributed by atoms with Gasteiger partial charge in [0, 0.05) is 5.69 Å². The molecule has 18 heavy (non-hydrogen) atoms. The molecule has 1 rings (SSSR count). The monoisotopic (exact) mass is 257 g/mol. The molecule has 0 amide bonds. The second kappa shape index (κ2) is 5.00. The summed E-state index contributed by atoms with van der Waals surface area (Å²) in [6, 6.07) is 2.36. The molecule has 1 aromatic carbocycles. The molecule has 0 radical (unpaired) electrons. The van der Waals surface area contributed by atoms with E-state index in [0.29, 0.717) is 0 Å². The number of terminal acetylenes is 1. The lowest BCUT2D eigenvalue weighted by atomic mass is 10.1. The standard InChI is InChI=1S/C12H10F3NO2/c1-3-7(2)16-8-4-5-10(12(13,14)15)9(6-8)11(17)18/h1,4-7,16H,2H3,(H,17,18). The van der Waals surface area contributed by atoms with E-state index in [0.717, 1.165) is 18.2 Å². The molecule has 0 fully saturated rings. The number of rotatable bonds is 3. The molecular formula is C12H10F3NO2. The smallest absolute Gasteiger partial charge is 0.417 e. The average Bonchev–Trinajstić information content (AvgIpc) is 2.27. The van der Waals surface area contributed by atoms with Crippen molar-refractivity contribution in [2.24, 2.45) is 0 Å². The van der Waals surface area contributed by atoms with Crippen molar-refractivity contribution in [1.29, 1.82) is 0 Å². The van der Waals surface area contributed by atoms with Gasteiger partial charge in [0.1, 0.15) is 0 Å². The van der Waals surface area contributed by atoms with Gasteiger partial charge in [-0.3, -0.25) is 0 Å². The fourth-order valence-corrected chi connectivity index (χ4v) is 1.35. The maximum Gasteiger partial charge on any atom is 0.417 e. The summed E-state index contributed by atoms with van der Waals surface area (Å²) in [6.07, 6.45) is 0.404. The molecule has 0 aliphatic heterocycles. The summed E-state index contributed by atoms with van der Waals surface area (Å²) in [4.78, 5) is 10.8. The Morgan fingerprint density at radius 1 is 1.50 bits per heavy atom. The van der Waals surface area contributed by atoms with Crippen molar-refractivity contribution < 1.29 is 23.1 Å². The lowest BCUT2D eigenvalue weighted by molar-refractivity contribution is -0.138. The minimum Gasteiger partial charge on any atom is -0.478 e. The van der Waals surface area contributed by atoms with Crippen LogP contribution in [0, 0.1) is 12.3 Å². The number of carboxylic acid groups (broad SMARTS) is 1. The van der Waals surface area contributed by atoms with E-state index in [2.05, 4.69) is 11.2 Å². The van der Waals surface area contributed by atoms with Gasteiger partial charge >= 0.3 is 12.1 Å². The normalized spacial score (nSPS) is 12.6. The first-order valence-corrected chi connectivity index (χ1v) is 4.93. The van der Waals surface area contributed by atoms with Crippen LogP contribution < -0.4 is 5.32 Å². The Kier molecular flexibility index (Phi) is 3.86. The highest BCUT2D eigenvalue weighted by atomic mass is 19.4. The highest BCUT2D eigenvalue weighted by molar-refractivity contribution is 5.91. The van der Waals surface area contributed by atoms with E-state index in [1.807, 2.05) is 0 Å². The Morgan fingerprint density at radius 2 is 2.11 bits per heavy atom. The van der Waals surface area contributed by atoms with Gasteiger partial charge in [-0.05, 0) is 25.1 Å². The van der Waals surface area contributed by atoms with Crippen LogP contribution >= 0.6 is 0 Å². The predicted molar refractivity (Wildman–Crippen MR) is 60.3 cm³/mol. The number of hydrogen-bond acceptors (Lipinski definition) is 2. The molecule has 96 valence electrons. The lowest BCUT2D eigenvalue weighted by Crippen LogP contribution is -2.16. The maximum atomic E-state index is 12.6. The van der Waals surface area contributed by atoms with Crippen LogP contribution in [-0.2, 0) is 6.18 Å². The number of anilines is 1. The number of aromatic carboxylic acids is 1. The van der Waals surface area contributed by atoms with E-state index in [1.165, 1.54) is 0 Å². The molecule has 0 aliphatic carbocycles. The summed E-state index contributed by atoms with van der Waals surface area (Å²) in [5, 5.41) is 11.5. The van der Waals surface area contributed by atoms with E-state index >= 15 is 0 Å². The second-order valence-electron chi connectivity index (χ2n) is 3.60. The summed E-state index contributed by atoms with van der Waals surface area (Å²) in [6.45, 7) is 1.62. The van der Waals surface area contributed by atoms with Crippen LogP contribution in [0.15, 0.2) is 18.2 Å². The van der Waals surface area contributed by atoms with Crippen LogP contribution in [0.3, 0.4) is 0 Å². The highest BCUT2D eigenvalue weighted by Crippen LogP contribution is 2.33. The molecule has 1 atom stereocenters. The molecule has 2 N–H and O–H groups in total. The third kappa shape index (κ3) is 3.17. The van der Waals surface area contributed by atoms with Gasteiger partial charge in [0.25, 0.3) is 0 Å². The van der Waals surface area contributed by atoms with Gasteiger partial charge in [0.05, 0.1) is 17.2 Å². The fraction of sp³-hybridized carbons (Fsp3) is 0.250. The average molecular weight is 257 g/mol. The Bertz CT molecular complexity index is 503. The molecule has 6 heteroatoms. The van der Waals surface area contributed by atoms with Crippen LogP contribution in [0.5, 0.6) is 0 Å². The van der Waals surface area contributed by atoms with Gasteiger partial charge in [-0.15, -0.1) is 6.42 Å². The van der Waals surface area contributed by atoms with Crippen LogP contribution in [0.25, 0.3) is 0 Å². The van der Waals surface area contributed by atoms with E-state index in [-0.39, 0.29) is 5.69 Å². The van der Waals surface area contributed by atoms with Crippen molar-refractivity contribution in [3.63, 3.8) is 0 Å². The first-order chi connectivity index (χ1) is 8.25. The Labute approximate surface area is 102 Å². The summed E-state index contributed by atoms with van der Waals surface area (Å²) < 4.78 is 37.7. The number of carbonyl (C=O) groups is 1. The fourth-order valence-electron chi connectivity index (χ4n) is 1.35. The molecular weight excluding hydrogens is 247 g/mol. The molecule has 1 unspecified atom stereocenters. The lowest BCUT2D eigenvalue weighted by Gasteiger charge is -2.14. The summed E-state index contributed by atoms with van der Waals surface area (Å²) >= 11 is 0. The van der Waals surface area contributed by atoms with Crippen LogP contribution in [0.2, 0.25) is 0 Å². The third-order valence-corrected chi connectivity index (χ3v) is 2.19. The van der Waals surface area contributed by atoms with Crippen molar-refractivity contribution >= 4 is 11.7 Å². The molecule has 0 aromatic heterocycles. The van der Waals surface area contributed by atoms with Gasteiger partial charge in [0.15, 0.2) is 0 Å². The Morgan fingerprint density at radius 3 is 2.56 bits per heavy atom. The molecule has 0 saturated heterocycles. The van der Waals surface area contributed by atoms with Gasteiger partial charge in [0.2, 0.25) is 0 Å². The molecule has 0 aliphatic rings. The molecule has 3 nitrogen and oxygen atoms in total. The molecule has 1 aromatic rings. The zero-order valence-corrected chi connectivity index (χ0v) is 9.38. The van der Waals surface area contributed by atoms with E-state index in [4.69, 9.17) is 11.5 Å². The second-order valence-corrected chi connectivity index (χ2v) is 3.60. The molecule has 0 heterocycles. The molecule has 0 bridgehead atoms. The number of nitrogens with one attached hydrogen (secondary N) is 1. The number of hydrogen-bond donors (Lipinski definition) is 2. The quantitative estimate of drug-likeness (QED) is 0.818. The topological polar surface area (TPSA) is 49.3 Å². The number of carboxylic acids is 1.